The molecule has 0 unspecified atom stereocenters. The number of rotatable bonds is 4. The molecule has 6 nitrogen and oxygen atoms in total. The van der Waals surface area contributed by atoms with E-state index in [1.165, 1.54) is 22.0 Å². The molecule has 2 aromatic heterocycles. The number of hydrogen-bond acceptors (Lipinski definition) is 5. The van der Waals surface area contributed by atoms with Crippen molar-refractivity contribution in [2.45, 2.75) is 32.2 Å². The first-order chi connectivity index (χ1) is 12.1. The Hall–Kier alpha value is -1.99. The molecule has 3 saturated heterocycles. The second-order valence-electron chi connectivity index (χ2n) is 6.81. The van der Waals surface area contributed by atoms with Crippen molar-refractivity contribution in [1.29, 1.82) is 0 Å². The van der Waals surface area contributed by atoms with E-state index in [1.54, 1.807) is 18.5 Å². The summed E-state index contributed by atoms with van der Waals surface area (Å²) in [6.07, 6.45) is 6.59. The average molecular weight is 358 g/mol. The molecule has 0 spiro atoms. The van der Waals surface area contributed by atoms with Crippen molar-refractivity contribution in [3.8, 4) is 5.13 Å². The van der Waals surface area contributed by atoms with Crippen molar-refractivity contribution in [1.82, 2.24) is 19.8 Å². The number of amides is 1. The van der Waals surface area contributed by atoms with Gasteiger partial charge in [-0.15, -0.1) is 11.3 Å². The standard InChI is InChI=1S/C18H22N4O2S/c1-2-14-9-19-18(25-14)22-10-13(3-4-16(22)23)17(24)20-15-11-21-7-5-12(15)6-8-21/h3-4,9-10,12,15H,2,5-8,11H2,1H3,(H,20,24)/t15-/m0/s1. The highest BCUT2D eigenvalue weighted by Gasteiger charge is 2.35. The lowest BCUT2D eigenvalue weighted by Crippen LogP contribution is -2.57. The van der Waals surface area contributed by atoms with Gasteiger partial charge in [0.1, 0.15) is 0 Å². The Morgan fingerprint density at radius 3 is 2.80 bits per heavy atom. The highest BCUT2D eigenvalue weighted by atomic mass is 32.1. The lowest BCUT2D eigenvalue weighted by Gasteiger charge is -2.44. The molecule has 25 heavy (non-hydrogen) atoms. The van der Waals surface area contributed by atoms with Crippen LogP contribution < -0.4 is 10.9 Å². The minimum absolute atomic E-state index is 0.111. The largest absolute Gasteiger partial charge is 0.348 e. The van der Waals surface area contributed by atoms with Crippen LogP contribution in [0.5, 0.6) is 0 Å². The van der Waals surface area contributed by atoms with Gasteiger partial charge in [-0.3, -0.25) is 14.2 Å². The smallest absolute Gasteiger partial charge is 0.256 e. The molecule has 1 amide bonds. The van der Waals surface area contributed by atoms with Crippen LogP contribution >= 0.6 is 11.3 Å². The van der Waals surface area contributed by atoms with E-state index in [0.29, 0.717) is 16.6 Å². The summed E-state index contributed by atoms with van der Waals surface area (Å²) in [5.74, 6) is 0.464. The maximum Gasteiger partial charge on any atom is 0.256 e. The predicted molar refractivity (Wildman–Crippen MR) is 97.5 cm³/mol. The third-order valence-corrected chi connectivity index (χ3v) is 6.38. The molecule has 3 aliphatic heterocycles. The van der Waals surface area contributed by atoms with Gasteiger partial charge in [-0.2, -0.15) is 0 Å². The van der Waals surface area contributed by atoms with Gasteiger partial charge >= 0.3 is 0 Å². The van der Waals surface area contributed by atoms with Gasteiger partial charge < -0.3 is 10.2 Å². The molecule has 132 valence electrons. The number of nitrogens with one attached hydrogen (secondary N) is 1. The average Bonchev–Trinajstić information content (AvgIpc) is 3.12. The Morgan fingerprint density at radius 2 is 2.16 bits per heavy atom. The van der Waals surface area contributed by atoms with E-state index in [4.69, 9.17) is 0 Å². The van der Waals surface area contributed by atoms with Crippen molar-refractivity contribution in [2.75, 3.05) is 19.6 Å². The molecule has 1 N–H and O–H groups in total. The molecule has 0 aromatic carbocycles. The van der Waals surface area contributed by atoms with E-state index in [-0.39, 0.29) is 17.5 Å². The molecule has 7 heteroatoms. The zero-order valence-electron chi connectivity index (χ0n) is 14.3. The van der Waals surface area contributed by atoms with Crippen LogP contribution in [0, 0.1) is 5.92 Å². The summed E-state index contributed by atoms with van der Waals surface area (Å²) in [5, 5.41) is 3.78. The molecule has 5 heterocycles. The van der Waals surface area contributed by atoms with E-state index in [0.717, 1.165) is 43.8 Å². The second-order valence-corrected chi connectivity index (χ2v) is 7.90. The van der Waals surface area contributed by atoms with Gasteiger partial charge in [-0.25, -0.2) is 4.98 Å². The van der Waals surface area contributed by atoms with Gasteiger partial charge in [0.05, 0.1) is 5.56 Å². The minimum atomic E-state index is -0.170. The Labute approximate surface area is 150 Å². The number of nitrogens with zero attached hydrogens (tertiary/aromatic N) is 3. The molecule has 3 aliphatic rings. The molecule has 2 aromatic rings. The third kappa shape index (κ3) is 3.26. The van der Waals surface area contributed by atoms with Gasteiger partial charge in [-0.05, 0) is 44.3 Å². The topological polar surface area (TPSA) is 67.2 Å². The van der Waals surface area contributed by atoms with E-state index in [2.05, 4.69) is 22.1 Å². The quantitative estimate of drug-likeness (QED) is 0.903. The lowest BCUT2D eigenvalue weighted by molar-refractivity contribution is 0.0620. The first-order valence-corrected chi connectivity index (χ1v) is 9.66. The van der Waals surface area contributed by atoms with Crippen molar-refractivity contribution >= 4 is 17.2 Å². The van der Waals surface area contributed by atoms with E-state index >= 15 is 0 Å². The van der Waals surface area contributed by atoms with Crippen LogP contribution in [0.25, 0.3) is 5.13 Å². The van der Waals surface area contributed by atoms with Crippen molar-refractivity contribution in [3.05, 3.63) is 45.3 Å². The van der Waals surface area contributed by atoms with Crippen LogP contribution in [0.15, 0.2) is 29.3 Å². The number of piperidine rings is 3. The first-order valence-electron chi connectivity index (χ1n) is 8.85. The fourth-order valence-electron chi connectivity index (χ4n) is 3.72. The van der Waals surface area contributed by atoms with E-state index in [9.17, 15) is 9.59 Å². The first kappa shape index (κ1) is 16.5. The second kappa shape index (κ2) is 6.72. The van der Waals surface area contributed by atoms with Crippen LogP contribution in [-0.2, 0) is 6.42 Å². The van der Waals surface area contributed by atoms with Gasteiger partial charge in [0, 0.05) is 35.9 Å². The van der Waals surface area contributed by atoms with Gasteiger partial charge in [-0.1, -0.05) is 6.92 Å². The molecule has 3 fully saturated rings. The van der Waals surface area contributed by atoms with Crippen molar-refractivity contribution in [2.24, 2.45) is 5.92 Å². The summed E-state index contributed by atoms with van der Waals surface area (Å²) in [5.41, 5.74) is 0.334. The third-order valence-electron chi connectivity index (χ3n) is 5.24. The number of fused-ring (bicyclic) bond motifs is 3. The van der Waals surface area contributed by atoms with Crippen LogP contribution in [0.2, 0.25) is 0 Å². The van der Waals surface area contributed by atoms with Crippen LogP contribution in [0.3, 0.4) is 0 Å². The molecule has 0 aliphatic carbocycles. The number of aryl methyl sites for hydroxylation is 1. The van der Waals surface area contributed by atoms with Crippen molar-refractivity contribution < 1.29 is 4.79 Å². The Morgan fingerprint density at radius 1 is 1.36 bits per heavy atom. The maximum absolute atomic E-state index is 12.7. The zero-order chi connectivity index (χ0) is 17.4. The molecule has 1 atom stereocenters. The fraction of sp³-hybridized carbons (Fsp3) is 0.500. The normalized spacial score (nSPS) is 25.1. The Kier molecular flexibility index (Phi) is 4.43. The van der Waals surface area contributed by atoms with Crippen LogP contribution in [-0.4, -0.2) is 46.0 Å². The summed E-state index contributed by atoms with van der Waals surface area (Å²) in [7, 11) is 0. The van der Waals surface area contributed by atoms with E-state index in [1.807, 2.05) is 0 Å². The molecule has 0 saturated carbocycles. The summed E-state index contributed by atoms with van der Waals surface area (Å²) >= 11 is 1.48. The lowest BCUT2D eigenvalue weighted by atomic mass is 9.84. The van der Waals surface area contributed by atoms with Crippen molar-refractivity contribution in [3.63, 3.8) is 0 Å². The summed E-state index contributed by atoms with van der Waals surface area (Å²) in [6, 6.07) is 3.25. The van der Waals surface area contributed by atoms with Crippen LogP contribution in [0.4, 0.5) is 0 Å². The predicted octanol–water partition coefficient (Wildman–Crippen LogP) is 1.68. The van der Waals surface area contributed by atoms with Crippen LogP contribution in [0.1, 0.15) is 35.0 Å². The molecule has 0 radical (unpaired) electrons. The summed E-state index contributed by atoms with van der Waals surface area (Å²) < 4.78 is 1.47. The number of carbonyl (C=O) groups is 1. The molecular formula is C18H22N4O2S. The summed E-state index contributed by atoms with van der Waals surface area (Å²) in [6.45, 7) is 5.28. The number of hydrogen-bond donors (Lipinski definition) is 1. The monoisotopic (exact) mass is 358 g/mol. The number of pyridine rings is 1. The molecule has 5 rings (SSSR count). The highest BCUT2D eigenvalue weighted by molar-refractivity contribution is 7.14. The van der Waals surface area contributed by atoms with Gasteiger partial charge in [0.15, 0.2) is 5.13 Å². The SMILES string of the molecule is CCc1cnc(-n2cc(C(=O)N[C@H]3CN4CCC3CC4)ccc2=O)s1. The number of thiazole rings is 1. The maximum atomic E-state index is 12.7. The molecular weight excluding hydrogens is 336 g/mol. The summed E-state index contributed by atoms with van der Waals surface area (Å²) in [4.78, 5) is 32.7. The Bertz CT molecular complexity index is 836. The minimum Gasteiger partial charge on any atom is -0.348 e. The number of aromatic nitrogens is 2. The fourth-order valence-corrected chi connectivity index (χ4v) is 4.55. The van der Waals surface area contributed by atoms with Gasteiger partial charge in [0.2, 0.25) is 0 Å². The highest BCUT2D eigenvalue weighted by Crippen LogP contribution is 2.27. The molecule has 2 bridgehead atoms. The Balaban J connectivity index is 1.55. The van der Waals surface area contributed by atoms with E-state index < -0.39 is 0 Å². The zero-order valence-corrected chi connectivity index (χ0v) is 15.1. The van der Waals surface area contributed by atoms with Gasteiger partial charge in [0.25, 0.3) is 11.5 Å². The number of carbonyl (C=O) groups excluding carboxylic acids is 1.